The molecule has 1 N–H and O–H groups in total. The number of rotatable bonds is 10. The highest BCUT2D eigenvalue weighted by Crippen LogP contribution is 2.25. The van der Waals surface area contributed by atoms with Gasteiger partial charge in [0.05, 0.1) is 0 Å². The molecule has 1 unspecified atom stereocenters. The van der Waals surface area contributed by atoms with Crippen molar-refractivity contribution in [1.82, 2.24) is 10.2 Å². The molecule has 3 heteroatoms. The average molecular weight is 337 g/mol. The Hall–Kier alpha value is -0.900. The van der Waals surface area contributed by atoms with Crippen molar-refractivity contribution in [2.75, 3.05) is 26.2 Å². The summed E-state index contributed by atoms with van der Waals surface area (Å²) in [4.78, 5) is 2.35. The van der Waals surface area contributed by atoms with Gasteiger partial charge in [-0.2, -0.15) is 0 Å². The molecule has 0 spiro atoms. The lowest BCUT2D eigenvalue weighted by Gasteiger charge is -2.24. The molecule has 0 aromatic heterocycles. The molecule has 0 saturated heterocycles. The van der Waals surface area contributed by atoms with Crippen molar-refractivity contribution >= 4 is 15.9 Å². The van der Waals surface area contributed by atoms with Crippen LogP contribution in [0, 0.1) is 0 Å². The maximum atomic E-state index is 3.82. The summed E-state index contributed by atoms with van der Waals surface area (Å²) in [6.45, 7) is 13.6. The van der Waals surface area contributed by atoms with E-state index in [0.29, 0.717) is 6.04 Å². The van der Waals surface area contributed by atoms with E-state index in [9.17, 15) is 0 Å². The Morgan fingerprint density at radius 2 is 1.90 bits per heavy atom. The summed E-state index contributed by atoms with van der Waals surface area (Å²) in [7, 11) is 0. The summed E-state index contributed by atoms with van der Waals surface area (Å²) in [5.74, 6) is 0. The van der Waals surface area contributed by atoms with Gasteiger partial charge in [-0.25, -0.2) is 0 Å². The number of nitrogens with zero attached hydrogens (tertiary/aromatic N) is 1. The zero-order valence-electron chi connectivity index (χ0n) is 12.3. The highest BCUT2D eigenvalue weighted by Gasteiger charge is 2.14. The fourth-order valence-corrected chi connectivity index (χ4v) is 2.87. The number of halogens is 1. The Kier molecular flexibility index (Phi) is 8.51. The van der Waals surface area contributed by atoms with E-state index < -0.39 is 0 Å². The van der Waals surface area contributed by atoms with Gasteiger partial charge < -0.3 is 5.32 Å². The average Bonchev–Trinajstić information content (AvgIpc) is 2.44. The fourth-order valence-electron chi connectivity index (χ4n) is 2.31. The third-order valence-corrected chi connectivity index (χ3v) is 3.96. The van der Waals surface area contributed by atoms with Crippen LogP contribution in [-0.2, 0) is 0 Å². The van der Waals surface area contributed by atoms with Gasteiger partial charge in [-0.3, -0.25) is 4.90 Å². The van der Waals surface area contributed by atoms with Crippen molar-refractivity contribution in [3.8, 4) is 0 Å². The minimum atomic E-state index is 0.368. The largest absolute Gasteiger partial charge is 0.310 e. The summed E-state index contributed by atoms with van der Waals surface area (Å²) >= 11 is 3.65. The molecule has 0 aliphatic carbocycles. The maximum Gasteiger partial charge on any atom is 0.0343 e. The van der Waals surface area contributed by atoms with Gasteiger partial charge in [-0.1, -0.05) is 53.2 Å². The Morgan fingerprint density at radius 3 is 2.45 bits per heavy atom. The third-order valence-electron chi connectivity index (χ3n) is 3.24. The lowest BCUT2D eigenvalue weighted by molar-refractivity contribution is 0.308. The van der Waals surface area contributed by atoms with Crippen LogP contribution in [0.1, 0.15) is 24.9 Å². The van der Waals surface area contributed by atoms with E-state index in [0.717, 1.165) is 32.6 Å². The van der Waals surface area contributed by atoms with Crippen LogP contribution in [0.4, 0.5) is 0 Å². The molecule has 0 heterocycles. The zero-order valence-corrected chi connectivity index (χ0v) is 13.9. The number of hydrogen-bond acceptors (Lipinski definition) is 2. The van der Waals surface area contributed by atoms with E-state index in [2.05, 4.69) is 70.5 Å². The number of nitrogens with one attached hydrogen (secondary N) is 1. The summed E-state index contributed by atoms with van der Waals surface area (Å²) < 4.78 is 1.17. The van der Waals surface area contributed by atoms with Crippen LogP contribution in [0.5, 0.6) is 0 Å². The molecule has 0 bridgehead atoms. The van der Waals surface area contributed by atoms with Gasteiger partial charge in [0.25, 0.3) is 0 Å². The second-order valence-corrected chi connectivity index (χ2v) is 5.61. The standard InChI is InChI=1S/C17H25BrN2/c1-4-12-20(13-5-2)14-11-17(19-6-3)15-9-7-8-10-16(15)18/h4-5,7-10,17,19H,1-2,6,11-14H2,3H3. The molecule has 20 heavy (non-hydrogen) atoms. The minimum absolute atomic E-state index is 0.368. The number of benzene rings is 1. The van der Waals surface area contributed by atoms with E-state index in [1.807, 2.05) is 12.2 Å². The lowest BCUT2D eigenvalue weighted by atomic mass is 10.0. The Bertz CT molecular complexity index is 407. The van der Waals surface area contributed by atoms with Crippen LogP contribution in [0.15, 0.2) is 54.0 Å². The van der Waals surface area contributed by atoms with Gasteiger partial charge >= 0.3 is 0 Å². The second kappa shape index (κ2) is 9.92. The first-order valence-corrected chi connectivity index (χ1v) is 7.94. The van der Waals surface area contributed by atoms with Crippen LogP contribution in [0.2, 0.25) is 0 Å². The smallest absolute Gasteiger partial charge is 0.0343 e. The van der Waals surface area contributed by atoms with Crippen LogP contribution in [0.3, 0.4) is 0 Å². The van der Waals surface area contributed by atoms with Gasteiger partial charge in [0.1, 0.15) is 0 Å². The predicted octanol–water partition coefficient (Wildman–Crippen LogP) is 4.16. The van der Waals surface area contributed by atoms with E-state index in [4.69, 9.17) is 0 Å². The molecule has 0 saturated carbocycles. The van der Waals surface area contributed by atoms with Crippen molar-refractivity contribution in [2.24, 2.45) is 0 Å². The van der Waals surface area contributed by atoms with Crippen molar-refractivity contribution in [3.05, 3.63) is 59.6 Å². The van der Waals surface area contributed by atoms with Crippen LogP contribution < -0.4 is 5.32 Å². The van der Waals surface area contributed by atoms with Gasteiger partial charge in [0.2, 0.25) is 0 Å². The molecule has 1 atom stereocenters. The topological polar surface area (TPSA) is 15.3 Å². The zero-order chi connectivity index (χ0) is 14.8. The van der Waals surface area contributed by atoms with E-state index in [1.165, 1.54) is 10.0 Å². The molecule has 0 amide bonds. The molecular weight excluding hydrogens is 312 g/mol. The fraction of sp³-hybridized carbons (Fsp3) is 0.412. The lowest BCUT2D eigenvalue weighted by Crippen LogP contribution is -2.30. The van der Waals surface area contributed by atoms with Gasteiger partial charge in [-0.15, -0.1) is 13.2 Å². The van der Waals surface area contributed by atoms with Gasteiger partial charge in [0.15, 0.2) is 0 Å². The van der Waals surface area contributed by atoms with Crippen LogP contribution >= 0.6 is 15.9 Å². The highest BCUT2D eigenvalue weighted by molar-refractivity contribution is 9.10. The van der Waals surface area contributed by atoms with Crippen molar-refractivity contribution in [2.45, 2.75) is 19.4 Å². The van der Waals surface area contributed by atoms with E-state index in [1.54, 1.807) is 0 Å². The molecule has 0 aliphatic heterocycles. The Morgan fingerprint density at radius 1 is 1.25 bits per heavy atom. The van der Waals surface area contributed by atoms with Crippen molar-refractivity contribution in [1.29, 1.82) is 0 Å². The first kappa shape index (κ1) is 17.2. The monoisotopic (exact) mass is 336 g/mol. The van der Waals surface area contributed by atoms with Gasteiger partial charge in [-0.05, 0) is 24.6 Å². The highest BCUT2D eigenvalue weighted by atomic mass is 79.9. The predicted molar refractivity (Wildman–Crippen MR) is 92.0 cm³/mol. The molecule has 1 aromatic rings. The summed E-state index contributed by atoms with van der Waals surface area (Å²) in [6, 6.07) is 8.80. The molecule has 2 nitrogen and oxygen atoms in total. The molecule has 0 radical (unpaired) electrons. The minimum Gasteiger partial charge on any atom is -0.310 e. The molecule has 110 valence electrons. The Balaban J connectivity index is 2.69. The Labute approximate surface area is 131 Å². The van der Waals surface area contributed by atoms with Crippen LogP contribution in [-0.4, -0.2) is 31.1 Å². The van der Waals surface area contributed by atoms with Gasteiger partial charge in [0, 0.05) is 30.1 Å². The third kappa shape index (κ3) is 5.61. The first-order chi connectivity index (χ1) is 9.72. The SMILES string of the molecule is C=CCN(CC=C)CCC(NCC)c1ccccc1Br. The molecule has 0 aliphatic rings. The summed E-state index contributed by atoms with van der Waals surface area (Å²) in [5, 5.41) is 3.57. The van der Waals surface area contributed by atoms with E-state index in [-0.39, 0.29) is 0 Å². The normalized spacial score (nSPS) is 12.3. The molecular formula is C17H25BrN2. The van der Waals surface area contributed by atoms with Crippen molar-refractivity contribution < 1.29 is 0 Å². The van der Waals surface area contributed by atoms with Crippen molar-refractivity contribution in [3.63, 3.8) is 0 Å². The summed E-state index contributed by atoms with van der Waals surface area (Å²) in [6.07, 6.45) is 4.96. The molecule has 1 aromatic carbocycles. The van der Waals surface area contributed by atoms with E-state index >= 15 is 0 Å². The second-order valence-electron chi connectivity index (χ2n) is 4.76. The quantitative estimate of drug-likeness (QED) is 0.645. The maximum absolute atomic E-state index is 3.82. The molecule has 0 fully saturated rings. The van der Waals surface area contributed by atoms with Crippen LogP contribution in [0.25, 0.3) is 0 Å². The number of hydrogen-bond donors (Lipinski definition) is 1. The summed E-state index contributed by atoms with van der Waals surface area (Å²) in [5.41, 5.74) is 1.33. The molecule has 1 rings (SSSR count). The first-order valence-electron chi connectivity index (χ1n) is 7.14.